The third-order valence-corrected chi connectivity index (χ3v) is 5.52. The van der Waals surface area contributed by atoms with Gasteiger partial charge in [-0.05, 0) is 29.5 Å². The van der Waals surface area contributed by atoms with E-state index in [-0.39, 0.29) is 5.69 Å². The van der Waals surface area contributed by atoms with Crippen LogP contribution in [0.25, 0.3) is 10.8 Å². The maximum Gasteiger partial charge on any atom is 0.278 e. The van der Waals surface area contributed by atoms with Gasteiger partial charge in [-0.15, -0.1) is 16.8 Å². The second-order valence-corrected chi connectivity index (χ2v) is 7.33. The first-order valence-electron chi connectivity index (χ1n) is 8.93. The Morgan fingerprint density at radius 1 is 1.10 bits per heavy atom. The SMILES string of the molecule is C=CCn1c(Cc2ccccc2)nnc1Sc1ccc([N+](=O)[O-])c2cnccc12. The number of pyridine rings is 1. The quantitative estimate of drug-likeness (QED) is 0.253. The van der Waals surface area contributed by atoms with Crippen LogP contribution in [0.15, 0.2) is 83.6 Å². The van der Waals surface area contributed by atoms with E-state index < -0.39 is 4.92 Å². The minimum absolute atomic E-state index is 0.0368. The minimum atomic E-state index is -0.392. The molecule has 0 unspecified atom stereocenters. The van der Waals surface area contributed by atoms with Gasteiger partial charge in [-0.25, -0.2) is 0 Å². The summed E-state index contributed by atoms with van der Waals surface area (Å²) < 4.78 is 2.01. The third kappa shape index (κ3) is 3.88. The van der Waals surface area contributed by atoms with Gasteiger partial charge < -0.3 is 4.57 Å². The number of rotatable bonds is 7. The Balaban J connectivity index is 1.72. The van der Waals surface area contributed by atoms with Crippen molar-refractivity contribution in [3.05, 3.63) is 95.1 Å². The Kier molecular flexibility index (Phi) is 5.35. The molecule has 144 valence electrons. The van der Waals surface area contributed by atoms with Crippen LogP contribution in [-0.4, -0.2) is 24.7 Å². The molecule has 2 heterocycles. The molecular weight excluding hydrogens is 386 g/mol. The molecule has 7 nitrogen and oxygen atoms in total. The number of hydrogen-bond donors (Lipinski definition) is 0. The van der Waals surface area contributed by atoms with Gasteiger partial charge in [-0.1, -0.05) is 36.4 Å². The van der Waals surface area contributed by atoms with E-state index in [1.165, 1.54) is 24.0 Å². The highest BCUT2D eigenvalue weighted by molar-refractivity contribution is 7.99. The van der Waals surface area contributed by atoms with E-state index in [1.807, 2.05) is 22.8 Å². The van der Waals surface area contributed by atoms with Crippen LogP contribution in [0.3, 0.4) is 0 Å². The summed E-state index contributed by atoms with van der Waals surface area (Å²) in [7, 11) is 0. The molecule has 0 aliphatic heterocycles. The van der Waals surface area contributed by atoms with Crippen molar-refractivity contribution in [2.75, 3.05) is 0 Å². The average molecular weight is 403 g/mol. The summed E-state index contributed by atoms with van der Waals surface area (Å²) in [4.78, 5) is 15.8. The molecule has 0 atom stereocenters. The Bertz CT molecular complexity index is 1190. The molecule has 0 saturated heterocycles. The average Bonchev–Trinajstić information content (AvgIpc) is 3.10. The third-order valence-electron chi connectivity index (χ3n) is 4.46. The first kappa shape index (κ1) is 18.8. The van der Waals surface area contributed by atoms with Crippen molar-refractivity contribution >= 4 is 28.2 Å². The molecule has 0 aliphatic carbocycles. The Morgan fingerprint density at radius 2 is 1.93 bits per heavy atom. The zero-order valence-corrected chi connectivity index (χ0v) is 16.2. The highest BCUT2D eigenvalue weighted by Gasteiger charge is 2.18. The second kappa shape index (κ2) is 8.24. The molecule has 4 rings (SSSR count). The van der Waals surface area contributed by atoms with Gasteiger partial charge in [-0.3, -0.25) is 15.1 Å². The molecule has 0 fully saturated rings. The molecular formula is C21H17N5O2S. The fraction of sp³-hybridized carbons (Fsp3) is 0.0952. The molecule has 0 aliphatic rings. The number of allylic oxidation sites excluding steroid dienone is 1. The van der Waals surface area contributed by atoms with Crippen molar-refractivity contribution in [2.24, 2.45) is 0 Å². The van der Waals surface area contributed by atoms with Crippen molar-refractivity contribution in [1.82, 2.24) is 19.7 Å². The van der Waals surface area contributed by atoms with Crippen LogP contribution in [0.4, 0.5) is 5.69 Å². The van der Waals surface area contributed by atoms with Crippen molar-refractivity contribution < 1.29 is 4.92 Å². The summed E-state index contributed by atoms with van der Waals surface area (Å²) in [5.74, 6) is 0.839. The van der Waals surface area contributed by atoms with E-state index in [2.05, 4.69) is 33.9 Å². The second-order valence-electron chi connectivity index (χ2n) is 6.32. The highest BCUT2D eigenvalue weighted by Crippen LogP contribution is 2.36. The fourth-order valence-corrected chi connectivity index (χ4v) is 4.10. The van der Waals surface area contributed by atoms with Gasteiger partial charge in [0.05, 0.1) is 10.3 Å². The van der Waals surface area contributed by atoms with Crippen LogP contribution < -0.4 is 0 Å². The van der Waals surface area contributed by atoms with Crippen molar-refractivity contribution in [3.8, 4) is 0 Å². The molecule has 8 heteroatoms. The number of nitrogens with zero attached hydrogens (tertiary/aromatic N) is 5. The number of benzene rings is 2. The van der Waals surface area contributed by atoms with Crippen LogP contribution in [0.5, 0.6) is 0 Å². The number of hydrogen-bond acceptors (Lipinski definition) is 6. The van der Waals surface area contributed by atoms with Crippen LogP contribution in [-0.2, 0) is 13.0 Å². The molecule has 4 aromatic rings. The summed E-state index contributed by atoms with van der Waals surface area (Å²) in [6.07, 6.45) is 5.62. The summed E-state index contributed by atoms with van der Waals surface area (Å²) in [5, 5.41) is 22.1. The van der Waals surface area contributed by atoms with E-state index in [1.54, 1.807) is 24.4 Å². The van der Waals surface area contributed by atoms with E-state index in [4.69, 9.17) is 0 Å². The Hall–Kier alpha value is -3.52. The molecule has 2 aromatic heterocycles. The number of nitro groups is 1. The van der Waals surface area contributed by atoms with E-state index in [0.29, 0.717) is 23.5 Å². The topological polar surface area (TPSA) is 86.7 Å². The fourth-order valence-electron chi connectivity index (χ4n) is 3.11. The summed E-state index contributed by atoms with van der Waals surface area (Å²) in [6, 6.07) is 15.1. The molecule has 29 heavy (non-hydrogen) atoms. The van der Waals surface area contributed by atoms with Gasteiger partial charge in [-0.2, -0.15) is 0 Å². The minimum Gasteiger partial charge on any atom is -0.302 e. The first-order chi connectivity index (χ1) is 14.2. The molecule has 0 spiro atoms. The summed E-state index contributed by atoms with van der Waals surface area (Å²) >= 11 is 1.43. The van der Waals surface area contributed by atoms with Gasteiger partial charge in [0.25, 0.3) is 5.69 Å². The van der Waals surface area contributed by atoms with Crippen LogP contribution in [0, 0.1) is 10.1 Å². The normalized spacial score (nSPS) is 10.9. The lowest BCUT2D eigenvalue weighted by Gasteiger charge is -2.09. The lowest BCUT2D eigenvalue weighted by atomic mass is 10.1. The van der Waals surface area contributed by atoms with E-state index in [0.717, 1.165) is 21.7 Å². The number of non-ortho nitro benzene ring substituents is 1. The number of aromatic nitrogens is 4. The van der Waals surface area contributed by atoms with Gasteiger partial charge >= 0.3 is 0 Å². The maximum absolute atomic E-state index is 11.3. The Morgan fingerprint density at radius 3 is 2.69 bits per heavy atom. The van der Waals surface area contributed by atoms with E-state index in [9.17, 15) is 10.1 Å². The van der Waals surface area contributed by atoms with Crippen LogP contribution in [0.1, 0.15) is 11.4 Å². The monoisotopic (exact) mass is 403 g/mol. The van der Waals surface area contributed by atoms with E-state index >= 15 is 0 Å². The smallest absolute Gasteiger partial charge is 0.278 e. The molecule has 0 bridgehead atoms. The predicted octanol–water partition coefficient (Wildman–Crippen LogP) is 4.66. The predicted molar refractivity (Wildman–Crippen MR) is 112 cm³/mol. The lowest BCUT2D eigenvalue weighted by molar-refractivity contribution is -0.383. The van der Waals surface area contributed by atoms with Crippen LogP contribution in [0.2, 0.25) is 0 Å². The number of fused-ring (bicyclic) bond motifs is 1. The zero-order valence-electron chi connectivity index (χ0n) is 15.4. The highest BCUT2D eigenvalue weighted by atomic mass is 32.2. The summed E-state index contributed by atoms with van der Waals surface area (Å²) in [5.41, 5.74) is 1.18. The molecule has 0 amide bonds. The van der Waals surface area contributed by atoms with Crippen molar-refractivity contribution in [3.63, 3.8) is 0 Å². The maximum atomic E-state index is 11.3. The van der Waals surface area contributed by atoms with Crippen LogP contribution >= 0.6 is 11.8 Å². The Labute approximate surface area is 171 Å². The first-order valence-corrected chi connectivity index (χ1v) is 9.75. The van der Waals surface area contributed by atoms with Gasteiger partial charge in [0.2, 0.25) is 0 Å². The molecule has 0 radical (unpaired) electrons. The van der Waals surface area contributed by atoms with Crippen molar-refractivity contribution in [2.45, 2.75) is 23.0 Å². The van der Waals surface area contributed by atoms with Gasteiger partial charge in [0.15, 0.2) is 5.16 Å². The molecule has 0 N–H and O–H groups in total. The van der Waals surface area contributed by atoms with Crippen molar-refractivity contribution in [1.29, 1.82) is 0 Å². The zero-order chi connectivity index (χ0) is 20.2. The largest absolute Gasteiger partial charge is 0.302 e. The number of nitro benzene ring substituents is 1. The summed E-state index contributed by atoms with van der Waals surface area (Å²) in [6.45, 7) is 4.42. The molecule has 0 saturated carbocycles. The standard InChI is InChI=1S/C21H17N5O2S/c1-2-12-25-20(13-15-6-4-3-5-7-15)23-24-21(25)29-19-9-8-18(26(27)28)17-14-22-11-10-16(17)19/h2-11,14H,1,12-13H2. The molecule has 2 aromatic carbocycles. The lowest BCUT2D eigenvalue weighted by Crippen LogP contribution is -2.04. The van der Waals surface area contributed by atoms with Gasteiger partial charge in [0, 0.05) is 41.7 Å². The van der Waals surface area contributed by atoms with Gasteiger partial charge in [0.1, 0.15) is 5.82 Å².